The molecular formula is C23H22F2N4O2. The van der Waals surface area contributed by atoms with Crippen molar-refractivity contribution in [2.45, 2.75) is 38.3 Å². The van der Waals surface area contributed by atoms with E-state index in [1.165, 1.54) is 30.3 Å². The summed E-state index contributed by atoms with van der Waals surface area (Å²) in [6, 6.07) is 7.24. The molecule has 0 aliphatic carbocycles. The van der Waals surface area contributed by atoms with E-state index in [-0.39, 0.29) is 40.8 Å². The molecule has 1 aliphatic heterocycles. The molecule has 1 amide bonds. The van der Waals surface area contributed by atoms with Crippen molar-refractivity contribution in [2.75, 3.05) is 6.54 Å². The predicted molar refractivity (Wildman–Crippen MR) is 113 cm³/mol. The molecule has 3 N–H and O–H groups in total. The van der Waals surface area contributed by atoms with Gasteiger partial charge in [-0.1, -0.05) is 13.3 Å². The third kappa shape index (κ3) is 4.01. The number of carbonyl (C=O) groups excluding carboxylic acids is 1. The lowest BCUT2D eigenvalue weighted by molar-refractivity contribution is -0.124. The van der Waals surface area contributed by atoms with Gasteiger partial charge >= 0.3 is 0 Å². The molecule has 0 bridgehead atoms. The number of nitrogens with zero attached hydrogens (tertiary/aromatic N) is 1. The maximum absolute atomic E-state index is 14.9. The average Bonchev–Trinajstić information content (AvgIpc) is 3.23. The van der Waals surface area contributed by atoms with Crippen LogP contribution < -0.4 is 16.2 Å². The van der Waals surface area contributed by atoms with Crippen molar-refractivity contribution >= 4 is 27.6 Å². The zero-order chi connectivity index (χ0) is 22.1. The van der Waals surface area contributed by atoms with E-state index in [1.54, 1.807) is 0 Å². The topological polar surface area (TPSA) is 97.8 Å². The maximum atomic E-state index is 14.9. The molecule has 1 unspecified atom stereocenters. The van der Waals surface area contributed by atoms with Crippen LogP contribution in [0.1, 0.15) is 25.3 Å². The Hall–Kier alpha value is -3.31. The fourth-order valence-corrected chi connectivity index (χ4v) is 4.34. The summed E-state index contributed by atoms with van der Waals surface area (Å²) in [6.07, 6.45) is 1.67. The quantitative estimate of drug-likeness (QED) is 0.549. The molecule has 4 rings (SSSR count). The first-order valence-corrected chi connectivity index (χ1v) is 10.3. The zero-order valence-corrected chi connectivity index (χ0v) is 17.0. The smallest absolute Gasteiger partial charge is 0.256 e. The molecule has 0 saturated carbocycles. The van der Waals surface area contributed by atoms with Crippen LogP contribution in [0.15, 0.2) is 35.1 Å². The van der Waals surface area contributed by atoms with Crippen LogP contribution in [0, 0.1) is 28.9 Å². The molecule has 1 aromatic heterocycles. The van der Waals surface area contributed by atoms with Gasteiger partial charge in [0.05, 0.1) is 17.6 Å². The van der Waals surface area contributed by atoms with E-state index in [4.69, 9.17) is 0 Å². The summed E-state index contributed by atoms with van der Waals surface area (Å²) in [4.78, 5) is 27.7. The fraction of sp³-hybridized carbons (Fsp3) is 0.348. The van der Waals surface area contributed by atoms with Gasteiger partial charge in [0.1, 0.15) is 17.7 Å². The Bertz CT molecular complexity index is 1260. The number of hydrogen-bond donors (Lipinski definition) is 3. The van der Waals surface area contributed by atoms with Crippen molar-refractivity contribution in [3.05, 3.63) is 57.9 Å². The zero-order valence-electron chi connectivity index (χ0n) is 17.0. The Morgan fingerprint density at radius 3 is 2.81 bits per heavy atom. The first-order valence-electron chi connectivity index (χ1n) is 10.3. The van der Waals surface area contributed by atoms with Gasteiger partial charge in [0.15, 0.2) is 0 Å². The monoisotopic (exact) mass is 424 g/mol. The molecule has 1 aliphatic rings. The van der Waals surface area contributed by atoms with Crippen LogP contribution in [0.5, 0.6) is 0 Å². The molecule has 3 atom stereocenters. The lowest BCUT2D eigenvalue weighted by atomic mass is 9.96. The van der Waals surface area contributed by atoms with E-state index >= 15 is 0 Å². The molecular weight excluding hydrogens is 402 g/mol. The molecule has 1 fully saturated rings. The molecule has 31 heavy (non-hydrogen) atoms. The highest BCUT2D eigenvalue weighted by molar-refractivity contribution is 6.05. The molecule has 0 spiro atoms. The first kappa shape index (κ1) is 20.9. The van der Waals surface area contributed by atoms with E-state index < -0.39 is 23.2 Å². The standard InChI is InChI=1S/C23H22F2N4O2/c1-2-12-5-6-27-21(12)23(31)28-15(11-26)7-13-8-18-17(10-19(13)25)16-4-3-14(24)9-20(16)29-22(18)30/h3-4,8-10,12,15,21,27H,2,5-7H2,1H3,(H,28,31)(H,29,30)/t12-,15?,21-/m0/s1. The summed E-state index contributed by atoms with van der Waals surface area (Å²) >= 11 is 0. The van der Waals surface area contributed by atoms with Gasteiger partial charge in [-0.25, -0.2) is 8.78 Å². The summed E-state index contributed by atoms with van der Waals surface area (Å²) in [5, 5.41) is 16.5. The van der Waals surface area contributed by atoms with Gasteiger partial charge < -0.3 is 15.6 Å². The van der Waals surface area contributed by atoms with E-state index in [1.807, 2.05) is 13.0 Å². The third-order valence-corrected chi connectivity index (χ3v) is 6.01. The average molecular weight is 424 g/mol. The normalized spacial score (nSPS) is 19.4. The minimum atomic E-state index is -0.937. The molecule has 3 aromatic rings. The fourth-order valence-electron chi connectivity index (χ4n) is 4.34. The maximum Gasteiger partial charge on any atom is 0.256 e. The van der Waals surface area contributed by atoms with Crippen molar-refractivity contribution in [3.63, 3.8) is 0 Å². The van der Waals surface area contributed by atoms with Crippen molar-refractivity contribution < 1.29 is 13.6 Å². The van der Waals surface area contributed by atoms with Crippen molar-refractivity contribution in [1.82, 2.24) is 15.6 Å². The van der Waals surface area contributed by atoms with Gasteiger partial charge in [0, 0.05) is 17.2 Å². The van der Waals surface area contributed by atoms with E-state index in [2.05, 4.69) is 15.6 Å². The molecule has 8 heteroatoms. The Labute approximate surface area is 177 Å². The predicted octanol–water partition coefficient (Wildman–Crippen LogP) is 2.90. The SMILES string of the molecule is CC[C@H]1CCN[C@@H]1C(=O)NC(C#N)Cc1cc2c(=O)[nH]c3cc(F)ccc3c2cc1F. The highest BCUT2D eigenvalue weighted by atomic mass is 19.1. The number of benzene rings is 2. The molecule has 2 aromatic carbocycles. The number of nitrogens with one attached hydrogen (secondary N) is 3. The third-order valence-electron chi connectivity index (χ3n) is 6.01. The second-order valence-corrected chi connectivity index (χ2v) is 7.92. The van der Waals surface area contributed by atoms with Gasteiger partial charge in [-0.3, -0.25) is 9.59 Å². The lowest BCUT2D eigenvalue weighted by Crippen LogP contribution is -2.48. The Morgan fingerprint density at radius 2 is 2.06 bits per heavy atom. The number of pyridine rings is 1. The summed E-state index contributed by atoms with van der Waals surface area (Å²) < 4.78 is 28.4. The Morgan fingerprint density at radius 1 is 1.26 bits per heavy atom. The molecule has 160 valence electrons. The number of hydrogen-bond acceptors (Lipinski definition) is 4. The van der Waals surface area contributed by atoms with Crippen molar-refractivity contribution in [1.29, 1.82) is 5.26 Å². The van der Waals surface area contributed by atoms with Gasteiger partial charge in [0.2, 0.25) is 5.91 Å². The van der Waals surface area contributed by atoms with Crippen LogP contribution >= 0.6 is 0 Å². The molecule has 1 saturated heterocycles. The number of nitriles is 1. The summed E-state index contributed by atoms with van der Waals surface area (Å²) in [5.41, 5.74) is -0.0491. The number of rotatable bonds is 5. The van der Waals surface area contributed by atoms with Crippen LogP contribution in [-0.2, 0) is 11.2 Å². The number of halogens is 2. The minimum absolute atomic E-state index is 0.0750. The first-order chi connectivity index (χ1) is 14.9. The van der Waals surface area contributed by atoms with E-state index in [0.29, 0.717) is 10.8 Å². The van der Waals surface area contributed by atoms with Crippen LogP contribution in [0.2, 0.25) is 0 Å². The highest BCUT2D eigenvalue weighted by Crippen LogP contribution is 2.25. The molecule has 6 nitrogen and oxygen atoms in total. The second-order valence-electron chi connectivity index (χ2n) is 7.92. The largest absolute Gasteiger partial charge is 0.339 e. The summed E-state index contributed by atoms with van der Waals surface area (Å²) in [6.45, 7) is 2.76. The highest BCUT2D eigenvalue weighted by Gasteiger charge is 2.32. The number of aromatic nitrogens is 1. The number of amides is 1. The number of carbonyl (C=O) groups is 1. The Kier molecular flexibility index (Phi) is 5.70. The summed E-state index contributed by atoms with van der Waals surface area (Å²) in [7, 11) is 0. The van der Waals surface area contributed by atoms with E-state index in [0.717, 1.165) is 19.4 Å². The molecule has 2 heterocycles. The van der Waals surface area contributed by atoms with E-state index in [9.17, 15) is 23.6 Å². The number of aromatic amines is 1. The lowest BCUT2D eigenvalue weighted by Gasteiger charge is -2.20. The van der Waals surface area contributed by atoms with Crippen molar-refractivity contribution in [3.8, 4) is 6.07 Å². The van der Waals surface area contributed by atoms with Crippen LogP contribution in [0.3, 0.4) is 0 Å². The second kappa shape index (κ2) is 8.44. The van der Waals surface area contributed by atoms with Crippen LogP contribution in [-0.4, -0.2) is 29.5 Å². The number of fused-ring (bicyclic) bond motifs is 3. The minimum Gasteiger partial charge on any atom is -0.339 e. The Balaban J connectivity index is 1.63. The van der Waals surface area contributed by atoms with Crippen LogP contribution in [0.4, 0.5) is 8.78 Å². The van der Waals surface area contributed by atoms with Crippen molar-refractivity contribution in [2.24, 2.45) is 5.92 Å². The summed E-state index contributed by atoms with van der Waals surface area (Å²) in [5.74, 6) is -1.17. The van der Waals surface area contributed by atoms with Gasteiger partial charge in [-0.05, 0) is 60.2 Å². The molecule has 0 radical (unpaired) electrons. The van der Waals surface area contributed by atoms with Gasteiger partial charge in [-0.2, -0.15) is 5.26 Å². The van der Waals surface area contributed by atoms with Crippen LogP contribution in [0.25, 0.3) is 21.7 Å². The number of H-pyrrole nitrogens is 1. The van der Waals surface area contributed by atoms with Gasteiger partial charge in [0.25, 0.3) is 5.56 Å². The van der Waals surface area contributed by atoms with Gasteiger partial charge in [-0.15, -0.1) is 0 Å².